The lowest BCUT2D eigenvalue weighted by molar-refractivity contribution is 0.578. The fourth-order valence-electron chi connectivity index (χ4n) is 5.63. The number of halogens is 2. The van der Waals surface area contributed by atoms with Gasteiger partial charge in [0.05, 0.1) is 22.3 Å². The number of fused-ring (bicyclic) bond motifs is 2. The zero-order valence-electron chi connectivity index (χ0n) is 23.4. The van der Waals surface area contributed by atoms with E-state index in [9.17, 15) is 52.6 Å². The highest BCUT2D eigenvalue weighted by Crippen LogP contribution is 2.58. The molecule has 0 unspecified atom stereocenters. The molecule has 0 amide bonds. The maximum absolute atomic E-state index is 15.5. The molecule has 3 aromatic rings. The lowest BCUT2D eigenvalue weighted by Gasteiger charge is -2.16. The molecule has 0 fully saturated rings. The largest absolute Gasteiger partial charge is 0.222 e. The lowest BCUT2D eigenvalue weighted by Crippen LogP contribution is -2.05. The first-order valence-electron chi connectivity index (χ1n) is 12.8. The molecule has 14 heteroatoms. The molecule has 2 aliphatic rings. The van der Waals surface area contributed by atoms with E-state index >= 15 is 8.78 Å². The molecular weight excluding hydrogens is 614 g/mol. The fourth-order valence-corrected chi connectivity index (χ4v) is 5.63. The van der Waals surface area contributed by atoms with E-state index in [1.807, 2.05) is 24.3 Å². The number of hydrogen-bond acceptors (Lipinski definition) is 12. The molecule has 0 N–H and O–H groups in total. The van der Waals surface area contributed by atoms with Crippen molar-refractivity contribution in [2.45, 2.75) is 0 Å². The second kappa shape index (κ2) is 11.7. The minimum atomic E-state index is -1.30. The molecule has 0 radical (unpaired) electrons. The predicted molar refractivity (Wildman–Crippen MR) is 155 cm³/mol. The molecule has 2 heterocycles. The van der Waals surface area contributed by atoms with Crippen LogP contribution in [0.4, 0.5) is 8.78 Å². The number of benzene rings is 1. The quantitative estimate of drug-likeness (QED) is 0.278. The van der Waals surface area contributed by atoms with Crippen molar-refractivity contribution in [2.75, 3.05) is 0 Å². The molecule has 2 aliphatic carbocycles. The van der Waals surface area contributed by atoms with E-state index in [1.54, 1.807) is 36.4 Å². The summed E-state index contributed by atoms with van der Waals surface area (Å²) in [4.78, 5) is 7.05. The van der Waals surface area contributed by atoms with Crippen molar-refractivity contribution >= 4 is 33.4 Å². The summed E-state index contributed by atoms with van der Waals surface area (Å²) in [7, 11) is 0. The van der Waals surface area contributed by atoms with Crippen molar-refractivity contribution in [1.29, 1.82) is 52.6 Å². The highest BCUT2D eigenvalue weighted by Gasteiger charge is 2.44. The van der Waals surface area contributed by atoms with Gasteiger partial charge in [0.1, 0.15) is 83.2 Å². The molecule has 0 spiro atoms. The van der Waals surface area contributed by atoms with Crippen LogP contribution in [0, 0.1) is 125 Å². The van der Waals surface area contributed by atoms with Crippen LogP contribution >= 0.6 is 0 Å². The van der Waals surface area contributed by atoms with Crippen LogP contribution in [0.3, 0.4) is 0 Å². The third kappa shape index (κ3) is 4.10. The van der Waals surface area contributed by atoms with Gasteiger partial charge in [-0.05, 0) is 24.3 Å². The number of nitriles is 10. The Morgan fingerprint density at radius 3 is 1.08 bits per heavy atom. The van der Waals surface area contributed by atoms with Gasteiger partial charge in [0.2, 0.25) is 11.9 Å². The summed E-state index contributed by atoms with van der Waals surface area (Å²) in [5.41, 5.74) is -8.76. The van der Waals surface area contributed by atoms with E-state index in [-0.39, 0.29) is 11.4 Å². The summed E-state index contributed by atoms with van der Waals surface area (Å²) >= 11 is 0. The first-order valence-corrected chi connectivity index (χ1v) is 12.8. The predicted octanol–water partition coefficient (Wildman–Crippen LogP) is 4.74. The van der Waals surface area contributed by atoms with Crippen LogP contribution in [0.25, 0.3) is 33.4 Å². The number of pyridine rings is 2. The number of allylic oxidation sites excluding steroid dienone is 8. The van der Waals surface area contributed by atoms with E-state index < -0.39 is 101 Å². The van der Waals surface area contributed by atoms with Crippen LogP contribution < -0.4 is 0 Å². The van der Waals surface area contributed by atoms with E-state index in [1.165, 1.54) is 0 Å². The number of rotatable bonds is 2. The van der Waals surface area contributed by atoms with E-state index in [4.69, 9.17) is 0 Å². The SMILES string of the molecule is N#CC(C#N)=C1C(c2ccc(C#N)nc2F)=C(C#N)c2c(C#N)c3c(c(C#N)c21)C(=C(C#N)C#N)C(c1ccc(C#N)nc1F)=C3C#N. The van der Waals surface area contributed by atoms with Crippen molar-refractivity contribution in [3.05, 3.63) is 103 Å². The molecule has 0 saturated heterocycles. The van der Waals surface area contributed by atoms with Crippen molar-refractivity contribution in [3.8, 4) is 60.7 Å². The maximum Gasteiger partial charge on any atom is 0.222 e. The molecule has 5 rings (SSSR count). The van der Waals surface area contributed by atoms with Gasteiger partial charge in [-0.15, -0.1) is 0 Å². The molecule has 0 bridgehead atoms. The zero-order valence-corrected chi connectivity index (χ0v) is 23.4. The molecule has 0 saturated carbocycles. The summed E-state index contributed by atoms with van der Waals surface area (Å²) in [5, 5.41) is 100. The van der Waals surface area contributed by atoms with E-state index in [2.05, 4.69) is 9.97 Å². The van der Waals surface area contributed by atoms with Crippen molar-refractivity contribution in [3.63, 3.8) is 0 Å². The highest BCUT2D eigenvalue weighted by molar-refractivity contribution is 6.32. The van der Waals surface area contributed by atoms with Crippen LogP contribution in [0.1, 0.15) is 55.9 Å². The number of nitrogens with zero attached hydrogens (tertiary/aromatic N) is 12. The summed E-state index contributed by atoms with van der Waals surface area (Å²) in [6.07, 6.45) is 0. The van der Waals surface area contributed by atoms with Gasteiger partial charge in [0.15, 0.2) is 0 Å². The Balaban J connectivity index is 2.12. The molecule has 2 aromatic heterocycles. The van der Waals surface area contributed by atoms with Crippen molar-refractivity contribution < 1.29 is 8.78 Å². The maximum atomic E-state index is 15.5. The first-order chi connectivity index (χ1) is 23.2. The number of hydrogen-bond donors (Lipinski definition) is 0. The Bertz CT molecular complexity index is 2490. The molecule has 214 valence electrons. The smallest absolute Gasteiger partial charge is 0.208 e. The standard InChI is InChI=1S/C34H4F2N12/c35-33-19(3-1-17(9-41)47-33)27-21(11-43)29-23(13-45)30-22(12-44)28(20-4-2-18(10-42)48-34(20)36)26(16(7-39)8-40)32(30)24(14-46)31(29)25(27)15(5-37)6-38/h1-4H. The Kier molecular flexibility index (Phi) is 7.50. The number of aromatic nitrogens is 2. The van der Waals surface area contributed by atoms with Crippen LogP contribution in [0.2, 0.25) is 0 Å². The van der Waals surface area contributed by atoms with Crippen molar-refractivity contribution in [2.24, 2.45) is 0 Å². The zero-order chi connectivity index (χ0) is 34.9. The molecular formula is C34H4F2N12. The second-order valence-corrected chi connectivity index (χ2v) is 9.44. The van der Waals surface area contributed by atoms with Gasteiger partial charge in [0.25, 0.3) is 0 Å². The summed E-state index contributed by atoms with van der Waals surface area (Å²) < 4.78 is 30.9. The summed E-state index contributed by atoms with van der Waals surface area (Å²) in [5.74, 6) is -2.61. The van der Waals surface area contributed by atoms with Crippen LogP contribution in [-0.2, 0) is 0 Å². The van der Waals surface area contributed by atoms with Gasteiger partial charge >= 0.3 is 0 Å². The first kappa shape index (κ1) is 30.7. The minimum absolute atomic E-state index is 0.359. The lowest BCUT2D eigenvalue weighted by atomic mass is 9.82. The van der Waals surface area contributed by atoms with Crippen LogP contribution in [-0.4, -0.2) is 9.97 Å². The van der Waals surface area contributed by atoms with E-state index in [0.717, 1.165) is 24.3 Å². The third-order valence-corrected chi connectivity index (χ3v) is 7.36. The van der Waals surface area contributed by atoms with Gasteiger partial charge < -0.3 is 0 Å². The van der Waals surface area contributed by atoms with Gasteiger partial charge in [-0.2, -0.15) is 61.4 Å². The van der Waals surface area contributed by atoms with Crippen LogP contribution in [0.15, 0.2) is 35.4 Å². The van der Waals surface area contributed by atoms with Crippen molar-refractivity contribution in [1.82, 2.24) is 9.97 Å². The Morgan fingerprint density at radius 1 is 0.458 bits per heavy atom. The normalized spacial score (nSPS) is 11.9. The average Bonchev–Trinajstić information content (AvgIpc) is 3.61. The topological polar surface area (TPSA) is 264 Å². The fraction of sp³-hybridized carbons (Fsp3) is 0. The van der Waals surface area contributed by atoms with Gasteiger partial charge in [-0.3, -0.25) is 0 Å². The Hall–Kier alpha value is -8.76. The molecule has 12 nitrogen and oxygen atoms in total. The average molecular weight is 618 g/mol. The highest BCUT2D eigenvalue weighted by atomic mass is 19.1. The monoisotopic (exact) mass is 618 g/mol. The third-order valence-electron chi connectivity index (χ3n) is 7.36. The molecule has 1 aromatic carbocycles. The Labute approximate surface area is 268 Å². The molecule has 0 atom stereocenters. The summed E-state index contributed by atoms with van der Waals surface area (Å²) in [6, 6.07) is 21.4. The summed E-state index contributed by atoms with van der Waals surface area (Å²) in [6.45, 7) is 0. The van der Waals surface area contributed by atoms with E-state index in [0.29, 0.717) is 0 Å². The Morgan fingerprint density at radius 2 is 0.812 bits per heavy atom. The molecule has 48 heavy (non-hydrogen) atoms. The second-order valence-electron chi connectivity index (χ2n) is 9.44. The van der Waals surface area contributed by atoms with Gasteiger partial charge in [-0.25, -0.2) is 9.97 Å². The van der Waals surface area contributed by atoms with Gasteiger partial charge in [0, 0.05) is 55.7 Å². The van der Waals surface area contributed by atoms with Crippen LogP contribution in [0.5, 0.6) is 0 Å². The van der Waals surface area contributed by atoms with Gasteiger partial charge in [-0.1, -0.05) is 0 Å². The minimum Gasteiger partial charge on any atom is -0.208 e. The molecule has 0 aliphatic heterocycles.